The van der Waals surface area contributed by atoms with E-state index in [1.807, 2.05) is 36.7 Å². The molecule has 3 aromatic heterocycles. The normalized spacial score (nSPS) is 11.1. The molecule has 250 valence electrons. The van der Waals surface area contributed by atoms with Gasteiger partial charge in [-0.1, -0.05) is 80.0 Å². The first-order valence-corrected chi connectivity index (χ1v) is 16.6. The number of hydrogen-bond acceptors (Lipinski definition) is 3. The molecule has 3 heterocycles. The molecule has 0 fully saturated rings. The van der Waals surface area contributed by atoms with Crippen LogP contribution in [-0.2, 0) is 21.1 Å². The van der Waals surface area contributed by atoms with Crippen LogP contribution < -0.4 is 4.74 Å². The molecule has 0 amide bonds. The third kappa shape index (κ3) is 6.27. The van der Waals surface area contributed by atoms with E-state index in [4.69, 9.17) is 21.3 Å². The van der Waals surface area contributed by atoms with Crippen molar-refractivity contribution in [3.05, 3.63) is 162 Å². The van der Waals surface area contributed by atoms with E-state index in [0.717, 1.165) is 44.4 Å². The molecule has 0 unspecified atom stereocenters. The van der Waals surface area contributed by atoms with Gasteiger partial charge in [-0.15, -0.1) is 29.1 Å². The third-order valence-electron chi connectivity index (χ3n) is 9.12. The summed E-state index contributed by atoms with van der Waals surface area (Å²) < 4.78 is 10.7. The molecule has 0 saturated heterocycles. The van der Waals surface area contributed by atoms with Gasteiger partial charge in [-0.2, -0.15) is 6.07 Å². The van der Waals surface area contributed by atoms with Crippen molar-refractivity contribution in [3.63, 3.8) is 0 Å². The minimum Gasteiger partial charge on any atom is -0.504 e. The standard InChI is InChI=1S/C44H33N5O.Pt/c1-28(2)32-17-18-46-42(25-32)49-40-14-10-9-13-38(40)39-16-15-36(27-41(39)49)50-37-24-34(23-35(26-37)45-5)44-47-19-20-48(44)43-29(3)21-33(22-30(43)4)31-11-7-6-8-12-31;/h6-23,25-26,28H,1-4H3;/q-2;+2. The molecule has 5 aromatic carbocycles. The van der Waals surface area contributed by atoms with Gasteiger partial charge in [-0.05, 0) is 83.3 Å². The number of ether oxygens (including phenoxy) is 1. The predicted octanol–water partition coefficient (Wildman–Crippen LogP) is 11.4. The Balaban J connectivity index is 0.00000406. The van der Waals surface area contributed by atoms with Gasteiger partial charge in [-0.25, -0.2) is 4.98 Å². The van der Waals surface area contributed by atoms with Gasteiger partial charge < -0.3 is 13.9 Å². The van der Waals surface area contributed by atoms with Crippen LogP contribution in [0.4, 0.5) is 5.69 Å². The molecule has 0 aliphatic rings. The number of rotatable bonds is 7. The first kappa shape index (κ1) is 33.7. The number of hydrogen-bond donors (Lipinski definition) is 0. The van der Waals surface area contributed by atoms with Gasteiger partial charge in [0, 0.05) is 41.3 Å². The van der Waals surface area contributed by atoms with Crippen LogP contribution in [0.2, 0.25) is 0 Å². The number of aryl methyl sites for hydroxylation is 2. The van der Waals surface area contributed by atoms with Gasteiger partial charge >= 0.3 is 21.1 Å². The minimum absolute atomic E-state index is 0. The fourth-order valence-electron chi connectivity index (χ4n) is 6.79. The Morgan fingerprint density at radius 2 is 1.51 bits per heavy atom. The number of nitrogens with zero attached hydrogens (tertiary/aromatic N) is 5. The monoisotopic (exact) mass is 842 g/mol. The van der Waals surface area contributed by atoms with Crippen molar-refractivity contribution in [1.29, 1.82) is 0 Å². The summed E-state index contributed by atoms with van der Waals surface area (Å²) in [6, 6.07) is 41.7. The second-order valence-corrected chi connectivity index (χ2v) is 12.8. The van der Waals surface area contributed by atoms with Crippen molar-refractivity contribution in [3.8, 4) is 45.5 Å². The number of para-hydroxylation sites is 1. The van der Waals surface area contributed by atoms with Gasteiger partial charge in [0.25, 0.3) is 0 Å². The Hall–Kier alpha value is -5.76. The molecule has 6 nitrogen and oxygen atoms in total. The Labute approximate surface area is 312 Å². The average Bonchev–Trinajstić information content (AvgIpc) is 3.74. The van der Waals surface area contributed by atoms with E-state index in [1.165, 1.54) is 16.7 Å². The number of pyridine rings is 1. The molecule has 0 aliphatic heterocycles. The number of aromatic nitrogens is 4. The number of benzene rings is 5. The van der Waals surface area contributed by atoms with Crippen molar-refractivity contribution >= 4 is 27.5 Å². The molecular formula is C44H33N5OPt. The largest absolute Gasteiger partial charge is 2.00 e. The topological polar surface area (TPSA) is 49.2 Å². The maximum absolute atomic E-state index is 7.88. The SMILES string of the molecule is [C-]#[N+]c1cc(Oc2[c-]c3c(cc2)c2ccccc2n3-c2cc(C(C)C)ccn2)[c-]c(-c2nccn2-c2c(C)cc(-c3ccccc3)cc2C)c1.[Pt+2]. The summed E-state index contributed by atoms with van der Waals surface area (Å²) in [5.74, 6) is 2.79. The van der Waals surface area contributed by atoms with Crippen molar-refractivity contribution < 1.29 is 25.8 Å². The molecular weight excluding hydrogens is 810 g/mol. The van der Waals surface area contributed by atoms with Crippen molar-refractivity contribution in [2.45, 2.75) is 33.6 Å². The third-order valence-corrected chi connectivity index (χ3v) is 9.12. The van der Waals surface area contributed by atoms with Gasteiger partial charge in [0.2, 0.25) is 0 Å². The van der Waals surface area contributed by atoms with E-state index in [-0.39, 0.29) is 21.1 Å². The van der Waals surface area contributed by atoms with E-state index in [9.17, 15) is 0 Å². The summed E-state index contributed by atoms with van der Waals surface area (Å²) in [5, 5.41) is 2.16. The average molecular weight is 843 g/mol. The van der Waals surface area contributed by atoms with Crippen LogP contribution in [0.3, 0.4) is 0 Å². The van der Waals surface area contributed by atoms with E-state index >= 15 is 0 Å². The first-order valence-electron chi connectivity index (χ1n) is 16.6. The Bertz CT molecular complexity index is 2570. The molecule has 0 saturated carbocycles. The summed E-state index contributed by atoms with van der Waals surface area (Å²) in [7, 11) is 0. The van der Waals surface area contributed by atoms with Crippen LogP contribution in [0.1, 0.15) is 36.5 Å². The minimum atomic E-state index is 0. The Kier molecular flexibility index (Phi) is 9.17. The number of imidazole rings is 1. The fraction of sp³-hybridized carbons (Fsp3) is 0.114. The van der Waals surface area contributed by atoms with Crippen molar-refractivity contribution in [1.82, 2.24) is 19.1 Å². The molecule has 8 aromatic rings. The van der Waals surface area contributed by atoms with E-state index in [1.54, 1.807) is 18.3 Å². The van der Waals surface area contributed by atoms with E-state index < -0.39 is 0 Å². The fourth-order valence-corrected chi connectivity index (χ4v) is 6.79. The van der Waals surface area contributed by atoms with E-state index in [2.05, 4.69) is 121 Å². The van der Waals surface area contributed by atoms with Gasteiger partial charge in [0.15, 0.2) is 0 Å². The van der Waals surface area contributed by atoms with Crippen LogP contribution in [0.15, 0.2) is 122 Å². The molecule has 0 spiro atoms. The molecule has 51 heavy (non-hydrogen) atoms. The predicted molar refractivity (Wildman–Crippen MR) is 201 cm³/mol. The summed E-state index contributed by atoms with van der Waals surface area (Å²) in [6.45, 7) is 16.5. The zero-order chi connectivity index (χ0) is 34.4. The smallest absolute Gasteiger partial charge is 0.504 e. The molecule has 8 rings (SSSR count). The van der Waals surface area contributed by atoms with Crippen LogP contribution in [0.25, 0.3) is 60.7 Å². The Morgan fingerprint density at radius 3 is 2.27 bits per heavy atom. The summed E-state index contributed by atoms with van der Waals surface area (Å²) in [4.78, 5) is 13.3. The summed E-state index contributed by atoms with van der Waals surface area (Å²) >= 11 is 0. The van der Waals surface area contributed by atoms with Crippen LogP contribution in [0, 0.1) is 32.6 Å². The summed E-state index contributed by atoms with van der Waals surface area (Å²) in [6.07, 6.45) is 5.60. The van der Waals surface area contributed by atoms with Crippen LogP contribution >= 0.6 is 0 Å². The summed E-state index contributed by atoms with van der Waals surface area (Å²) in [5.41, 5.74) is 9.83. The second-order valence-electron chi connectivity index (χ2n) is 12.8. The maximum atomic E-state index is 7.88. The van der Waals surface area contributed by atoms with Crippen LogP contribution in [-0.4, -0.2) is 19.1 Å². The molecule has 0 atom stereocenters. The zero-order valence-electron chi connectivity index (χ0n) is 28.6. The van der Waals surface area contributed by atoms with Crippen molar-refractivity contribution in [2.24, 2.45) is 0 Å². The van der Waals surface area contributed by atoms with Crippen molar-refractivity contribution in [2.75, 3.05) is 0 Å². The molecule has 7 heteroatoms. The van der Waals surface area contributed by atoms with Gasteiger partial charge in [0.1, 0.15) is 11.5 Å². The maximum Gasteiger partial charge on any atom is 2.00 e. The first-order chi connectivity index (χ1) is 24.4. The van der Waals surface area contributed by atoms with Gasteiger partial charge in [0.05, 0.1) is 12.4 Å². The number of fused-ring (bicyclic) bond motifs is 3. The molecule has 0 radical (unpaired) electrons. The molecule has 0 aliphatic carbocycles. The van der Waals surface area contributed by atoms with Gasteiger partial charge in [-0.3, -0.25) is 9.83 Å². The molecule has 0 N–H and O–H groups in total. The zero-order valence-corrected chi connectivity index (χ0v) is 30.9. The Morgan fingerprint density at radius 1 is 0.745 bits per heavy atom. The second kappa shape index (κ2) is 13.9. The quantitative estimate of drug-likeness (QED) is 0.150. The molecule has 0 bridgehead atoms. The van der Waals surface area contributed by atoms with E-state index in [0.29, 0.717) is 34.5 Å². The van der Waals surface area contributed by atoms with Crippen LogP contribution in [0.5, 0.6) is 11.5 Å².